The number of fused-ring (bicyclic) bond motifs is 1. The van der Waals surface area contributed by atoms with E-state index in [0.717, 1.165) is 51.9 Å². The highest BCUT2D eigenvalue weighted by atomic mass is 16.5. The third-order valence-electron chi connectivity index (χ3n) is 6.96. The molecule has 0 aromatic heterocycles. The Labute approximate surface area is 215 Å². The summed E-state index contributed by atoms with van der Waals surface area (Å²) in [6.45, 7) is 11.5. The van der Waals surface area contributed by atoms with Gasteiger partial charge >= 0.3 is 0 Å². The molecule has 3 aromatic rings. The Morgan fingerprint density at radius 2 is 1.50 bits per heavy atom. The molecule has 1 heterocycles. The second-order valence-corrected chi connectivity index (χ2v) is 10.4. The standard InChI is InChI=1S/C31H38NO4/c1-20-16-23-17-28(34-7)29(35-8)18-25(23)21(2)32(20)26-10-9-11-27(33-6)30(26)36-19-22-12-14-24(15-13-22)31(3,4)5/h9-15,17-18,20H,16,19H2,1-8H3/q+1. The molecule has 1 unspecified atom stereocenters. The zero-order chi connectivity index (χ0) is 26.0. The highest BCUT2D eigenvalue weighted by molar-refractivity contribution is 5.98. The summed E-state index contributed by atoms with van der Waals surface area (Å²) in [6.07, 6.45) is 0.873. The first-order valence-corrected chi connectivity index (χ1v) is 12.4. The first-order chi connectivity index (χ1) is 17.2. The minimum absolute atomic E-state index is 0.121. The third kappa shape index (κ3) is 4.92. The highest BCUT2D eigenvalue weighted by Gasteiger charge is 2.34. The second-order valence-electron chi connectivity index (χ2n) is 10.4. The van der Waals surface area contributed by atoms with Gasteiger partial charge in [-0.3, -0.25) is 0 Å². The molecule has 0 radical (unpaired) electrons. The molecule has 5 heteroatoms. The topological polar surface area (TPSA) is 39.9 Å². The van der Waals surface area contributed by atoms with Crippen LogP contribution in [0.3, 0.4) is 0 Å². The van der Waals surface area contributed by atoms with E-state index in [1.807, 2.05) is 12.1 Å². The Kier molecular flexibility index (Phi) is 7.30. The van der Waals surface area contributed by atoms with Gasteiger partial charge in [-0.25, -0.2) is 0 Å². The number of rotatable bonds is 7. The molecule has 0 saturated heterocycles. The van der Waals surface area contributed by atoms with Gasteiger partial charge in [-0.1, -0.05) is 51.1 Å². The Bertz CT molecular complexity index is 1270. The van der Waals surface area contributed by atoms with Crippen LogP contribution in [-0.4, -0.2) is 37.7 Å². The van der Waals surface area contributed by atoms with Crippen LogP contribution in [0.1, 0.15) is 56.9 Å². The molecule has 0 saturated carbocycles. The number of methoxy groups -OCH3 is 3. The van der Waals surface area contributed by atoms with E-state index < -0.39 is 0 Å². The summed E-state index contributed by atoms with van der Waals surface area (Å²) in [5.74, 6) is 2.95. The van der Waals surface area contributed by atoms with Crippen molar-refractivity contribution in [2.24, 2.45) is 0 Å². The molecule has 1 atom stereocenters. The van der Waals surface area contributed by atoms with Gasteiger partial charge in [0.05, 0.1) is 21.3 Å². The fraction of sp³-hybridized carbons (Fsp3) is 0.387. The van der Waals surface area contributed by atoms with Crippen LogP contribution in [0.15, 0.2) is 54.6 Å². The van der Waals surface area contributed by atoms with Crippen LogP contribution in [0, 0.1) is 0 Å². The largest absolute Gasteiger partial charge is 0.493 e. The molecule has 0 aliphatic carbocycles. The molecule has 3 aromatic carbocycles. The van der Waals surface area contributed by atoms with E-state index in [-0.39, 0.29) is 11.5 Å². The first-order valence-electron chi connectivity index (χ1n) is 12.4. The fourth-order valence-corrected chi connectivity index (χ4v) is 4.97. The SMILES string of the molecule is COc1cc2c(cc1OC)C(C)=[N+](c1cccc(OC)c1OCc1ccc(C(C)(C)C)cc1)C(C)C2. The van der Waals surface area contributed by atoms with Crippen LogP contribution in [-0.2, 0) is 18.4 Å². The number of benzene rings is 3. The van der Waals surface area contributed by atoms with Crippen molar-refractivity contribution in [1.82, 2.24) is 0 Å². The first kappa shape index (κ1) is 25.6. The molecular formula is C31H38NO4+. The molecule has 36 heavy (non-hydrogen) atoms. The van der Waals surface area contributed by atoms with Gasteiger partial charge in [-0.05, 0) is 47.2 Å². The Balaban J connectivity index is 1.74. The molecule has 0 fully saturated rings. The second kappa shape index (κ2) is 10.3. The number of ether oxygens (including phenoxy) is 4. The zero-order valence-electron chi connectivity index (χ0n) is 22.8. The predicted octanol–water partition coefficient (Wildman–Crippen LogP) is 6.69. The normalized spacial score (nSPS) is 15.4. The van der Waals surface area contributed by atoms with Crippen LogP contribution < -0.4 is 18.9 Å². The van der Waals surface area contributed by atoms with E-state index >= 15 is 0 Å². The monoisotopic (exact) mass is 488 g/mol. The number of nitrogens with zero attached hydrogens (tertiary/aromatic N) is 1. The lowest BCUT2D eigenvalue weighted by atomic mass is 9.87. The quantitative estimate of drug-likeness (QED) is 0.348. The van der Waals surface area contributed by atoms with Crippen molar-refractivity contribution in [2.75, 3.05) is 21.3 Å². The molecule has 190 valence electrons. The molecule has 0 N–H and O–H groups in total. The van der Waals surface area contributed by atoms with Crippen LogP contribution in [0.2, 0.25) is 0 Å². The maximum absolute atomic E-state index is 6.47. The molecule has 0 spiro atoms. The lowest BCUT2D eigenvalue weighted by molar-refractivity contribution is -0.482. The van der Waals surface area contributed by atoms with E-state index in [1.165, 1.54) is 11.1 Å². The van der Waals surface area contributed by atoms with Gasteiger partial charge in [-0.15, -0.1) is 0 Å². The van der Waals surface area contributed by atoms with Crippen molar-refractivity contribution in [3.05, 3.63) is 76.9 Å². The minimum atomic E-state index is 0.121. The molecule has 1 aliphatic heterocycles. The molecule has 0 bridgehead atoms. The summed E-state index contributed by atoms with van der Waals surface area (Å²) in [4.78, 5) is 0. The summed E-state index contributed by atoms with van der Waals surface area (Å²) >= 11 is 0. The van der Waals surface area contributed by atoms with E-state index in [4.69, 9.17) is 18.9 Å². The van der Waals surface area contributed by atoms with E-state index in [9.17, 15) is 0 Å². The minimum Gasteiger partial charge on any atom is -0.493 e. The Hall–Kier alpha value is -3.47. The predicted molar refractivity (Wildman–Crippen MR) is 145 cm³/mol. The molecule has 5 nitrogen and oxygen atoms in total. The van der Waals surface area contributed by atoms with Crippen molar-refractivity contribution < 1.29 is 23.5 Å². The molecular weight excluding hydrogens is 450 g/mol. The molecule has 4 rings (SSSR count). The van der Waals surface area contributed by atoms with Crippen molar-refractivity contribution in [3.8, 4) is 23.0 Å². The maximum Gasteiger partial charge on any atom is 0.252 e. The smallest absolute Gasteiger partial charge is 0.252 e. The summed E-state index contributed by atoms with van der Waals surface area (Å²) in [5.41, 5.74) is 7.08. The van der Waals surface area contributed by atoms with Crippen LogP contribution >= 0.6 is 0 Å². The number of para-hydroxylation sites is 1. The number of hydrogen-bond donors (Lipinski definition) is 0. The molecule has 0 amide bonds. The molecule has 1 aliphatic rings. The lowest BCUT2D eigenvalue weighted by Crippen LogP contribution is -2.33. The van der Waals surface area contributed by atoms with Gasteiger partial charge in [0.1, 0.15) is 6.61 Å². The van der Waals surface area contributed by atoms with Gasteiger partial charge in [-0.2, -0.15) is 4.58 Å². The third-order valence-corrected chi connectivity index (χ3v) is 6.96. The van der Waals surface area contributed by atoms with E-state index in [1.54, 1.807) is 21.3 Å². The average Bonchev–Trinajstić information content (AvgIpc) is 2.86. The van der Waals surface area contributed by atoms with E-state index in [2.05, 4.69) is 81.7 Å². The van der Waals surface area contributed by atoms with Crippen molar-refractivity contribution in [1.29, 1.82) is 0 Å². The van der Waals surface area contributed by atoms with Crippen molar-refractivity contribution >= 4 is 11.4 Å². The van der Waals surface area contributed by atoms with E-state index in [0.29, 0.717) is 6.61 Å². The Morgan fingerprint density at radius 3 is 2.11 bits per heavy atom. The van der Waals surface area contributed by atoms with Crippen LogP contribution in [0.5, 0.6) is 23.0 Å². The van der Waals surface area contributed by atoms with Crippen molar-refractivity contribution in [3.63, 3.8) is 0 Å². The zero-order valence-corrected chi connectivity index (χ0v) is 22.8. The number of hydrogen-bond acceptors (Lipinski definition) is 4. The van der Waals surface area contributed by atoms with Gasteiger partial charge in [0.2, 0.25) is 5.75 Å². The highest BCUT2D eigenvalue weighted by Crippen LogP contribution is 2.41. The summed E-state index contributed by atoms with van der Waals surface area (Å²) in [6, 6.07) is 19.1. The van der Waals surface area contributed by atoms with Crippen LogP contribution in [0.4, 0.5) is 5.69 Å². The maximum atomic E-state index is 6.47. The van der Waals surface area contributed by atoms with Gasteiger partial charge < -0.3 is 18.9 Å². The fourth-order valence-electron chi connectivity index (χ4n) is 4.97. The summed E-state index contributed by atoms with van der Waals surface area (Å²) in [5, 5.41) is 0. The van der Waals surface area contributed by atoms with Crippen LogP contribution in [0.25, 0.3) is 0 Å². The summed E-state index contributed by atoms with van der Waals surface area (Å²) < 4.78 is 25.7. The van der Waals surface area contributed by atoms with Crippen molar-refractivity contribution in [2.45, 2.75) is 59.1 Å². The van der Waals surface area contributed by atoms with Gasteiger partial charge in [0, 0.05) is 25.0 Å². The average molecular weight is 489 g/mol. The van der Waals surface area contributed by atoms with Gasteiger partial charge in [0.25, 0.3) is 5.69 Å². The lowest BCUT2D eigenvalue weighted by Gasteiger charge is -2.24. The van der Waals surface area contributed by atoms with Gasteiger partial charge in [0.15, 0.2) is 29.0 Å². The Morgan fingerprint density at radius 1 is 0.861 bits per heavy atom. The summed E-state index contributed by atoms with van der Waals surface area (Å²) in [7, 11) is 5.04.